The molecule has 1 unspecified atom stereocenters. The lowest BCUT2D eigenvalue weighted by Gasteiger charge is -2.56. The van der Waals surface area contributed by atoms with E-state index in [1.807, 2.05) is 6.92 Å². The summed E-state index contributed by atoms with van der Waals surface area (Å²) >= 11 is 0. The molecule has 2 nitrogen and oxygen atoms in total. The van der Waals surface area contributed by atoms with Crippen LogP contribution in [-0.2, 0) is 4.79 Å². The highest BCUT2D eigenvalue weighted by atomic mass is 19.4. The van der Waals surface area contributed by atoms with Crippen LogP contribution in [-0.4, -0.2) is 35.0 Å². The molecule has 0 radical (unpaired) electrons. The largest absolute Gasteiger partial charge is 0.431 e. The van der Waals surface area contributed by atoms with Gasteiger partial charge in [0.25, 0.3) is 5.67 Å². The van der Waals surface area contributed by atoms with E-state index in [1.54, 1.807) is 6.92 Å². The quantitative estimate of drug-likeness (QED) is 0.369. The van der Waals surface area contributed by atoms with E-state index in [0.717, 1.165) is 49.7 Å². The highest BCUT2D eigenvalue weighted by molar-refractivity contribution is 6.00. The highest BCUT2D eigenvalue weighted by Crippen LogP contribution is 2.65. The number of aliphatic hydroxyl groups excluding tert-OH is 1. The number of hydrogen-bond donors (Lipinski definition) is 1. The van der Waals surface area contributed by atoms with Crippen molar-refractivity contribution in [2.24, 2.45) is 34.5 Å². The van der Waals surface area contributed by atoms with Crippen LogP contribution in [0.4, 0.5) is 30.7 Å². The number of allylic oxidation sites excluding steroid dienone is 2. The Hall–Kier alpha value is -1.12. The first-order valence-corrected chi connectivity index (χ1v) is 13.0. The SMILES string of the molecule is [2H]C(C[C@@H](C)[C@H]1CC(=O)C2=C3CC[C@H]4C[C@@H](O)CC[C@]4(C)[C@H]3CC[C@@]21C)CC(F)(C(F)(F)F)C(F)(F)F. The Morgan fingerprint density at radius 1 is 1.06 bits per heavy atom. The summed E-state index contributed by atoms with van der Waals surface area (Å²) in [7, 11) is 0. The molecule has 0 aliphatic heterocycles. The minimum atomic E-state index is -6.16. The van der Waals surface area contributed by atoms with Gasteiger partial charge in [0.05, 0.1) is 6.10 Å². The van der Waals surface area contributed by atoms with Crippen molar-refractivity contribution in [3.8, 4) is 0 Å². The van der Waals surface area contributed by atoms with Gasteiger partial charge in [-0.25, -0.2) is 4.39 Å². The fourth-order valence-corrected chi connectivity index (χ4v) is 8.27. The molecule has 3 fully saturated rings. The van der Waals surface area contributed by atoms with Gasteiger partial charge in [0, 0.05) is 13.4 Å². The average Bonchev–Trinajstić information content (AvgIpc) is 3.03. The van der Waals surface area contributed by atoms with Crippen molar-refractivity contribution >= 4 is 5.78 Å². The predicted molar refractivity (Wildman–Crippen MR) is 121 cm³/mol. The number of halogens is 7. The van der Waals surface area contributed by atoms with E-state index in [1.165, 1.54) is 0 Å². The Kier molecular flexibility index (Phi) is 6.60. The molecule has 36 heavy (non-hydrogen) atoms. The molecule has 0 bridgehead atoms. The van der Waals surface area contributed by atoms with Crippen LogP contribution in [0.5, 0.6) is 0 Å². The van der Waals surface area contributed by atoms with Gasteiger partial charge in [-0.2, -0.15) is 26.3 Å². The maximum absolute atomic E-state index is 14.2. The number of ketones is 1. The van der Waals surface area contributed by atoms with Gasteiger partial charge in [-0.15, -0.1) is 0 Å². The lowest BCUT2D eigenvalue weighted by molar-refractivity contribution is -0.343. The second-order valence-electron chi connectivity index (χ2n) is 12.3. The molecule has 206 valence electrons. The van der Waals surface area contributed by atoms with Gasteiger partial charge in [0.15, 0.2) is 5.78 Å². The third-order valence-corrected chi connectivity index (χ3v) is 10.4. The molecule has 1 N–H and O–H groups in total. The molecule has 0 aromatic carbocycles. The summed E-state index contributed by atoms with van der Waals surface area (Å²) in [5.74, 6) is -0.235. The Bertz CT molecular complexity index is 930. The molecule has 0 amide bonds. The molecular formula is C27H37F7O2. The topological polar surface area (TPSA) is 37.3 Å². The third kappa shape index (κ3) is 4.23. The van der Waals surface area contributed by atoms with Crippen LogP contribution in [0, 0.1) is 34.5 Å². The van der Waals surface area contributed by atoms with Gasteiger partial charge in [0.1, 0.15) is 0 Å². The van der Waals surface area contributed by atoms with Gasteiger partial charge in [0.2, 0.25) is 0 Å². The number of carbonyl (C=O) groups excluding carboxylic acids is 1. The van der Waals surface area contributed by atoms with Gasteiger partial charge in [-0.05, 0) is 92.3 Å². The van der Waals surface area contributed by atoms with E-state index < -0.39 is 42.2 Å². The number of carbonyl (C=O) groups is 1. The first-order valence-electron chi connectivity index (χ1n) is 13.6. The van der Waals surface area contributed by atoms with Crippen molar-refractivity contribution in [2.45, 2.75) is 116 Å². The fraction of sp³-hybridized carbons (Fsp3) is 0.889. The lowest BCUT2D eigenvalue weighted by atomic mass is 9.48. The van der Waals surface area contributed by atoms with Crippen LogP contribution in [0.1, 0.15) is 92.7 Å². The van der Waals surface area contributed by atoms with Gasteiger partial charge in [-0.1, -0.05) is 32.8 Å². The minimum Gasteiger partial charge on any atom is -0.393 e. The summed E-state index contributed by atoms with van der Waals surface area (Å²) < 4.78 is 100. The highest BCUT2D eigenvalue weighted by Gasteiger charge is 2.71. The fourth-order valence-electron chi connectivity index (χ4n) is 8.27. The van der Waals surface area contributed by atoms with Crippen LogP contribution in [0.25, 0.3) is 0 Å². The van der Waals surface area contributed by atoms with Crippen LogP contribution < -0.4 is 0 Å². The summed E-state index contributed by atoms with van der Waals surface area (Å²) in [5.41, 5.74) is -4.05. The molecule has 4 aliphatic rings. The Morgan fingerprint density at radius 2 is 1.69 bits per heavy atom. The van der Waals surface area contributed by atoms with Crippen LogP contribution in [0.15, 0.2) is 11.1 Å². The molecule has 8 atom stereocenters. The van der Waals surface area contributed by atoms with Gasteiger partial charge >= 0.3 is 12.4 Å². The standard InChI is InChI=1S/C27H37F7O2/c1-15(5-4-10-25(28,26(29,30)31)27(32,33)34)20-14-21(36)22-18-7-6-16-13-17(35)8-11-23(16,2)19(18)9-12-24(20,22)3/h15-17,19-20,35H,4-14H2,1-3H3/t15-,16+,17+,19+,20-,23+,24-/m1/s1/i4D/t4?,15-,16+,17+,19+,20-,23+,24-. The normalized spacial score (nSPS) is 39.8. The second kappa shape index (κ2) is 8.98. The summed E-state index contributed by atoms with van der Waals surface area (Å²) in [6.45, 7) is 5.89. The van der Waals surface area contributed by atoms with Crippen LogP contribution in [0.2, 0.25) is 0 Å². The minimum absolute atomic E-state index is 0.00293. The zero-order valence-corrected chi connectivity index (χ0v) is 21.0. The molecular weight excluding hydrogens is 489 g/mol. The molecule has 0 heterocycles. The lowest BCUT2D eigenvalue weighted by Crippen LogP contribution is -2.53. The van der Waals surface area contributed by atoms with Gasteiger partial charge < -0.3 is 5.11 Å². The molecule has 4 rings (SSSR count). The zero-order valence-electron chi connectivity index (χ0n) is 22.0. The zero-order chi connectivity index (χ0) is 27.8. The second-order valence-corrected chi connectivity index (χ2v) is 12.3. The van der Waals surface area contributed by atoms with Crippen molar-refractivity contribution in [3.05, 3.63) is 11.1 Å². The van der Waals surface area contributed by atoms with Gasteiger partial charge in [-0.3, -0.25) is 4.79 Å². The van der Waals surface area contributed by atoms with E-state index >= 15 is 0 Å². The van der Waals surface area contributed by atoms with Crippen molar-refractivity contribution in [1.29, 1.82) is 0 Å². The predicted octanol–water partition coefficient (Wildman–Crippen LogP) is 7.89. The van der Waals surface area contributed by atoms with Crippen LogP contribution in [0.3, 0.4) is 0 Å². The molecule has 0 saturated heterocycles. The molecule has 0 aromatic rings. The van der Waals surface area contributed by atoms with Crippen molar-refractivity contribution in [3.63, 3.8) is 0 Å². The number of aliphatic hydroxyl groups is 1. The summed E-state index contributed by atoms with van der Waals surface area (Å²) in [6, 6.07) is 0. The smallest absolute Gasteiger partial charge is 0.393 e. The van der Waals surface area contributed by atoms with E-state index in [9.17, 15) is 40.6 Å². The molecule has 4 aliphatic carbocycles. The Balaban J connectivity index is 1.55. The van der Waals surface area contributed by atoms with Crippen LogP contribution >= 0.6 is 0 Å². The number of hydrogen-bond acceptors (Lipinski definition) is 2. The summed E-state index contributed by atoms with van der Waals surface area (Å²) in [5, 5.41) is 10.2. The molecule has 0 spiro atoms. The number of fused-ring (bicyclic) bond motifs is 4. The summed E-state index contributed by atoms with van der Waals surface area (Å²) in [6.07, 6.45) is -11.2. The van der Waals surface area contributed by atoms with Crippen molar-refractivity contribution < 1.29 is 42.0 Å². The number of rotatable bonds is 5. The van der Waals surface area contributed by atoms with Crippen molar-refractivity contribution in [1.82, 2.24) is 0 Å². The van der Waals surface area contributed by atoms with E-state index in [0.29, 0.717) is 12.3 Å². The first kappa shape index (κ1) is 26.5. The molecule has 9 heteroatoms. The number of alkyl halides is 7. The average molecular weight is 528 g/mol. The first-order chi connectivity index (χ1) is 16.8. The maximum Gasteiger partial charge on any atom is 0.431 e. The number of Topliss-reactive ketones (excluding diaryl/α,β-unsaturated/α-hetero) is 1. The molecule has 0 aromatic heterocycles. The van der Waals surface area contributed by atoms with E-state index in [-0.39, 0.29) is 42.0 Å². The Labute approximate surface area is 209 Å². The maximum atomic E-state index is 14.2. The molecule has 3 saturated carbocycles. The Morgan fingerprint density at radius 3 is 2.31 bits per heavy atom. The van der Waals surface area contributed by atoms with E-state index in [4.69, 9.17) is 1.37 Å². The monoisotopic (exact) mass is 527 g/mol. The van der Waals surface area contributed by atoms with Crippen molar-refractivity contribution in [2.75, 3.05) is 0 Å². The van der Waals surface area contributed by atoms with E-state index in [2.05, 4.69) is 6.92 Å². The third-order valence-electron chi connectivity index (χ3n) is 10.4. The summed E-state index contributed by atoms with van der Waals surface area (Å²) in [4.78, 5) is 13.4.